The van der Waals surface area contributed by atoms with E-state index < -0.39 is 48.9 Å². The molecule has 14 rings (SSSR count). The lowest BCUT2D eigenvalue weighted by molar-refractivity contribution is 0.0523. The van der Waals surface area contributed by atoms with Gasteiger partial charge >= 0.3 is 20.4 Å². The standard InChI is InChI=1S/2C40H56ClN3O6SSi/c2*1-39(2,3)52(4,5)50-36-12-6-7-20-44(25-32-11-9-21-48-32)51(46,47)42-38(45)29-14-18-37-35(23-29)43(24-30-13-16-33(30)36)26-40(27-49-37)19-8-10-28-22-31(41)15-17-34(28)40/h2*6,12,14-15,17-18,22-23,30,32-33,36H,7-11,13,16,19-21,24-27H2,1-5H3,(H,42,45)/b2*12-6+/t30-,32?,33+,36?,40-;30-,32+,33+,36?,40-/m00/s1. The Morgan fingerprint density at radius 3 is 1.33 bits per heavy atom. The van der Waals surface area contributed by atoms with Crippen LogP contribution in [0.4, 0.5) is 11.4 Å². The number of nitrogens with one attached hydrogen (secondary N) is 2. The highest BCUT2D eigenvalue weighted by Crippen LogP contribution is 2.52. The van der Waals surface area contributed by atoms with Crippen molar-refractivity contribution < 1.29 is 54.2 Å². The number of carbonyl (C=O) groups excluding carboxylic acids is 2. The number of carbonyl (C=O) groups is 2. The second-order valence-electron chi connectivity index (χ2n) is 34.6. The lowest BCUT2D eigenvalue weighted by Crippen LogP contribution is -2.52. The third-order valence-electron chi connectivity index (χ3n) is 25.5. The average molecular weight is 1540 g/mol. The summed E-state index contributed by atoms with van der Waals surface area (Å²) in [5.74, 6) is 1.50. The van der Waals surface area contributed by atoms with Crippen LogP contribution >= 0.6 is 23.2 Å². The fraction of sp³-hybridized carbons (Fsp3) is 0.625. The molecule has 2 N–H and O–H groups in total. The van der Waals surface area contributed by atoms with Crippen LogP contribution < -0.4 is 28.7 Å². The monoisotopic (exact) mass is 1540 g/mol. The maximum Gasteiger partial charge on any atom is 0.304 e. The van der Waals surface area contributed by atoms with Gasteiger partial charge in [-0.25, -0.2) is 9.44 Å². The van der Waals surface area contributed by atoms with Crippen LogP contribution in [0.3, 0.4) is 0 Å². The Morgan fingerprint density at radius 1 is 0.548 bits per heavy atom. The van der Waals surface area contributed by atoms with Crippen LogP contribution in [0.1, 0.15) is 174 Å². The Balaban J connectivity index is 0.000000185. The summed E-state index contributed by atoms with van der Waals surface area (Å²) >= 11 is 13.0. The molecule has 10 aliphatic rings. The van der Waals surface area contributed by atoms with Gasteiger partial charge in [-0.1, -0.05) is 101 Å². The van der Waals surface area contributed by atoms with Crippen LogP contribution in [-0.4, -0.2) is 157 Å². The van der Waals surface area contributed by atoms with Crippen molar-refractivity contribution >= 4 is 83.4 Å². The zero-order valence-electron chi connectivity index (χ0n) is 62.9. The van der Waals surface area contributed by atoms with Gasteiger partial charge in [0.25, 0.3) is 11.8 Å². The molecule has 4 fully saturated rings. The lowest BCUT2D eigenvalue weighted by atomic mass is 9.68. The van der Waals surface area contributed by atoms with E-state index in [1.165, 1.54) is 30.9 Å². The first-order chi connectivity index (χ1) is 49.3. The summed E-state index contributed by atoms with van der Waals surface area (Å²) < 4.78 is 103. The van der Waals surface area contributed by atoms with E-state index in [-0.39, 0.29) is 82.6 Å². The fourth-order valence-electron chi connectivity index (χ4n) is 17.2. The normalized spacial score (nSPS) is 30.3. The Kier molecular flexibility index (Phi) is 23.0. The van der Waals surface area contributed by atoms with Crippen molar-refractivity contribution in [3.8, 4) is 11.5 Å². The van der Waals surface area contributed by atoms with E-state index in [9.17, 15) is 26.4 Å². The molecule has 4 bridgehead atoms. The first kappa shape index (κ1) is 77.3. The molecular weight excluding hydrogens is 1430 g/mol. The molecule has 6 heterocycles. The van der Waals surface area contributed by atoms with Gasteiger partial charge in [-0.2, -0.15) is 25.4 Å². The number of benzene rings is 4. The van der Waals surface area contributed by atoms with E-state index >= 15 is 0 Å². The maximum absolute atomic E-state index is 13.9. The third kappa shape index (κ3) is 16.8. The molecule has 3 unspecified atom stereocenters. The van der Waals surface area contributed by atoms with Gasteiger partial charge in [0, 0.05) is 97.6 Å². The minimum atomic E-state index is -4.17. The van der Waals surface area contributed by atoms with Gasteiger partial charge in [0.2, 0.25) is 0 Å². The Morgan fingerprint density at radius 2 is 0.962 bits per heavy atom. The van der Waals surface area contributed by atoms with Crippen molar-refractivity contribution in [1.29, 1.82) is 0 Å². The summed E-state index contributed by atoms with van der Waals surface area (Å²) in [6.07, 6.45) is 22.8. The SMILES string of the molecule is CC(C)(C)[Si](C)(C)OC1/C=C/CCN(CC2CCCO2)S(=O)(=O)NC(=O)c2ccc3c(c2)N(C[C@@H]2CC[C@@H]12)C[C@@]1(CCCc2cc(Cl)ccc21)CO3.CC(C)(C)[Si](C)(C)OC1/C=C/CCN(C[C@H]2CCCO2)S(=O)(=O)NC(=O)c2ccc3c(c2)N(C[C@@H]2CC[C@@H]12)C[C@@]1(CCCc2cc(Cl)ccc21)CO3. The van der Waals surface area contributed by atoms with E-state index in [0.717, 1.165) is 137 Å². The van der Waals surface area contributed by atoms with Crippen molar-refractivity contribution in [3.05, 3.63) is 141 Å². The topological polar surface area (TPSA) is 195 Å². The lowest BCUT2D eigenvalue weighted by Gasteiger charge is -2.48. The van der Waals surface area contributed by atoms with Crippen molar-refractivity contribution in [2.24, 2.45) is 23.7 Å². The second-order valence-corrected chi connectivity index (χ2v) is 48.3. The number of nitrogens with zero attached hydrogens (tertiary/aromatic N) is 4. The molecule has 6 aliphatic heterocycles. The Hall–Kier alpha value is -4.83. The predicted molar refractivity (Wildman–Crippen MR) is 418 cm³/mol. The smallest absolute Gasteiger partial charge is 0.304 e. The molecule has 10 atom stereocenters. The average Bonchev–Trinajstić information content (AvgIpc) is 1.59. The second kappa shape index (κ2) is 30.9. The van der Waals surface area contributed by atoms with Crippen LogP contribution in [0, 0.1) is 23.7 Å². The molecule has 2 spiro atoms. The number of rotatable bonds is 8. The highest BCUT2D eigenvalue weighted by atomic mass is 35.5. The quantitative estimate of drug-likeness (QED) is 0.125. The minimum Gasteiger partial charge on any atom is -0.490 e. The number of hydrogen-bond acceptors (Lipinski definition) is 14. The van der Waals surface area contributed by atoms with Crippen molar-refractivity contribution in [1.82, 2.24) is 18.1 Å². The van der Waals surface area contributed by atoms with Crippen LogP contribution in [0.5, 0.6) is 11.5 Å². The van der Waals surface area contributed by atoms with E-state index in [0.29, 0.717) is 74.4 Å². The van der Waals surface area contributed by atoms with Gasteiger partial charge in [-0.15, -0.1) is 0 Å². The Labute approximate surface area is 631 Å². The summed E-state index contributed by atoms with van der Waals surface area (Å²) in [6.45, 7) is 29.1. The number of fused-ring (bicyclic) bond motifs is 8. The molecule has 24 heteroatoms. The van der Waals surface area contributed by atoms with Gasteiger partial charge in [-0.3, -0.25) is 9.59 Å². The van der Waals surface area contributed by atoms with Crippen LogP contribution in [0.2, 0.25) is 46.3 Å². The summed E-state index contributed by atoms with van der Waals surface area (Å²) in [7, 11) is -12.6. The first-order valence-corrected chi connectivity index (χ1v) is 47.9. The molecule has 2 amide bonds. The van der Waals surface area contributed by atoms with Crippen LogP contribution in [0.25, 0.3) is 0 Å². The van der Waals surface area contributed by atoms with Gasteiger partial charge in [0.1, 0.15) is 11.5 Å². The van der Waals surface area contributed by atoms with Crippen LogP contribution in [-0.2, 0) is 62.4 Å². The molecule has 4 aromatic rings. The molecule has 568 valence electrons. The molecule has 0 aromatic heterocycles. The minimum absolute atomic E-state index is 0.0425. The molecular formula is C80H112Cl2N6O12S2Si2. The molecule has 2 saturated heterocycles. The van der Waals surface area contributed by atoms with Crippen molar-refractivity contribution in [3.63, 3.8) is 0 Å². The molecule has 0 radical (unpaired) electrons. The number of halogens is 2. The van der Waals surface area contributed by atoms with Crippen molar-refractivity contribution in [2.75, 3.05) is 88.6 Å². The molecule has 4 aliphatic carbocycles. The molecule has 2 saturated carbocycles. The zero-order chi connectivity index (χ0) is 73.8. The fourth-order valence-corrected chi connectivity index (χ4v) is 22.5. The third-order valence-corrected chi connectivity index (χ3v) is 37.8. The van der Waals surface area contributed by atoms with Gasteiger partial charge in [0.15, 0.2) is 16.6 Å². The maximum atomic E-state index is 13.9. The zero-order valence-corrected chi connectivity index (χ0v) is 68.1. The highest BCUT2D eigenvalue weighted by Gasteiger charge is 2.50. The van der Waals surface area contributed by atoms with Gasteiger partial charge < -0.3 is 37.6 Å². The largest absolute Gasteiger partial charge is 0.490 e. The number of aryl methyl sites for hydroxylation is 2. The summed E-state index contributed by atoms with van der Waals surface area (Å²) in [4.78, 5) is 32.5. The Bertz CT molecular complexity index is 3840. The van der Waals surface area contributed by atoms with E-state index in [1.807, 2.05) is 36.4 Å². The summed E-state index contributed by atoms with van der Waals surface area (Å²) in [5.41, 5.74) is 6.82. The van der Waals surface area contributed by atoms with Gasteiger partial charge in [-0.05, 0) is 246 Å². The summed E-state index contributed by atoms with van der Waals surface area (Å²) in [5, 5.41) is 1.58. The van der Waals surface area contributed by atoms with E-state index in [4.69, 9.17) is 51.0 Å². The highest BCUT2D eigenvalue weighted by molar-refractivity contribution is 7.88. The number of anilines is 2. The van der Waals surface area contributed by atoms with Crippen molar-refractivity contribution in [2.45, 2.75) is 216 Å². The van der Waals surface area contributed by atoms with Gasteiger partial charge in [0.05, 0.1) is 49.0 Å². The number of amides is 2. The number of hydrogen-bond donors (Lipinski definition) is 2. The molecule has 4 aromatic carbocycles. The molecule has 18 nitrogen and oxygen atoms in total. The summed E-state index contributed by atoms with van der Waals surface area (Å²) in [6, 6.07) is 23.2. The number of ether oxygens (including phenoxy) is 4. The predicted octanol–water partition coefficient (Wildman–Crippen LogP) is 15.3. The van der Waals surface area contributed by atoms with E-state index in [2.05, 4.69) is 136 Å². The molecule has 104 heavy (non-hydrogen) atoms. The van der Waals surface area contributed by atoms with Crippen LogP contribution in [0.15, 0.2) is 97.1 Å². The first-order valence-electron chi connectivity index (χ1n) is 38.5. The van der Waals surface area contributed by atoms with E-state index in [1.54, 1.807) is 12.1 Å².